The zero-order valence-corrected chi connectivity index (χ0v) is 14.2. The fraction of sp³-hybridized carbons (Fsp3) is 0.235. The summed E-state index contributed by atoms with van der Waals surface area (Å²) >= 11 is 0. The van der Waals surface area contributed by atoms with E-state index in [1.165, 1.54) is 27.5 Å². The average molecular weight is 345 g/mol. The van der Waals surface area contributed by atoms with E-state index in [2.05, 4.69) is 15.8 Å². The number of pyridine rings is 1. The van der Waals surface area contributed by atoms with Gasteiger partial charge in [0.25, 0.3) is 5.91 Å². The lowest BCUT2D eigenvalue weighted by Gasteiger charge is -2.14. The molecule has 2 amide bonds. The minimum Gasteiger partial charge on any atom is -0.493 e. The van der Waals surface area contributed by atoms with Crippen LogP contribution in [-0.4, -0.2) is 38.1 Å². The third-order valence-corrected chi connectivity index (χ3v) is 3.33. The molecule has 0 spiro atoms. The fourth-order valence-electron chi connectivity index (χ4n) is 2.16. The van der Waals surface area contributed by atoms with E-state index in [4.69, 9.17) is 14.2 Å². The second-order valence-electron chi connectivity index (χ2n) is 4.95. The summed E-state index contributed by atoms with van der Waals surface area (Å²) in [5.41, 5.74) is 5.67. The van der Waals surface area contributed by atoms with Gasteiger partial charge in [-0.1, -0.05) is 0 Å². The Hall–Kier alpha value is -3.29. The van der Waals surface area contributed by atoms with Crippen LogP contribution in [0.2, 0.25) is 0 Å². The number of hydrogen-bond acceptors (Lipinski definition) is 6. The number of methoxy groups -OCH3 is 3. The van der Waals surface area contributed by atoms with Crippen LogP contribution in [0, 0.1) is 0 Å². The number of nitrogens with one attached hydrogen (secondary N) is 2. The van der Waals surface area contributed by atoms with Gasteiger partial charge in [-0.3, -0.25) is 25.4 Å². The first-order valence-corrected chi connectivity index (χ1v) is 7.37. The molecule has 8 heteroatoms. The first-order valence-electron chi connectivity index (χ1n) is 7.37. The summed E-state index contributed by atoms with van der Waals surface area (Å²) in [5.74, 6) is 0.491. The molecule has 2 aromatic rings. The molecular weight excluding hydrogens is 326 g/mol. The number of amides is 2. The molecule has 1 aromatic heterocycles. The van der Waals surface area contributed by atoms with E-state index in [0.29, 0.717) is 28.4 Å². The minimum absolute atomic E-state index is 0.0179. The molecule has 0 aliphatic rings. The Morgan fingerprint density at radius 2 is 1.72 bits per heavy atom. The number of hydrogen-bond donors (Lipinski definition) is 2. The first-order chi connectivity index (χ1) is 12.1. The van der Waals surface area contributed by atoms with Crippen LogP contribution in [0.15, 0.2) is 36.7 Å². The summed E-state index contributed by atoms with van der Waals surface area (Å²) in [6, 6.07) is 6.56. The molecule has 2 rings (SSSR count). The van der Waals surface area contributed by atoms with E-state index in [1.54, 1.807) is 30.5 Å². The third kappa shape index (κ3) is 4.60. The molecule has 0 aliphatic heterocycles. The predicted octanol–water partition coefficient (Wildman–Crippen LogP) is 1.11. The maximum atomic E-state index is 12.0. The summed E-state index contributed by atoms with van der Waals surface area (Å²) in [5, 5.41) is 0. The summed E-state index contributed by atoms with van der Waals surface area (Å²) in [6.45, 7) is 0. The lowest BCUT2D eigenvalue weighted by Crippen LogP contribution is -2.42. The van der Waals surface area contributed by atoms with Gasteiger partial charge >= 0.3 is 0 Å². The van der Waals surface area contributed by atoms with Crippen LogP contribution in [0.3, 0.4) is 0 Å². The van der Waals surface area contributed by atoms with Gasteiger partial charge < -0.3 is 14.2 Å². The Morgan fingerprint density at radius 3 is 2.24 bits per heavy atom. The second kappa shape index (κ2) is 8.53. The van der Waals surface area contributed by atoms with E-state index in [-0.39, 0.29) is 6.42 Å². The Morgan fingerprint density at radius 1 is 1.04 bits per heavy atom. The van der Waals surface area contributed by atoms with Crippen LogP contribution < -0.4 is 25.1 Å². The average Bonchev–Trinajstić information content (AvgIpc) is 2.65. The number of benzene rings is 1. The predicted molar refractivity (Wildman–Crippen MR) is 89.6 cm³/mol. The van der Waals surface area contributed by atoms with Crippen molar-refractivity contribution >= 4 is 11.8 Å². The van der Waals surface area contributed by atoms with Crippen LogP contribution in [0.25, 0.3) is 0 Å². The molecule has 8 nitrogen and oxygen atoms in total. The van der Waals surface area contributed by atoms with Crippen LogP contribution >= 0.6 is 0 Å². The molecule has 132 valence electrons. The minimum atomic E-state index is -0.452. The monoisotopic (exact) mass is 345 g/mol. The van der Waals surface area contributed by atoms with Crippen molar-refractivity contribution in [2.24, 2.45) is 0 Å². The molecule has 0 fully saturated rings. The Bertz CT molecular complexity index is 724. The van der Waals surface area contributed by atoms with Crippen molar-refractivity contribution in [3.05, 3.63) is 47.8 Å². The molecule has 2 N–H and O–H groups in total. The molecule has 0 saturated heterocycles. The van der Waals surface area contributed by atoms with E-state index >= 15 is 0 Å². The van der Waals surface area contributed by atoms with Gasteiger partial charge in [0, 0.05) is 12.4 Å². The molecule has 0 unspecified atom stereocenters. The number of rotatable bonds is 6. The standard InChI is InChI=1S/C17H19N3O5/c1-23-13-7-11(8-14(24-2)16(13)25-3)9-15(21)19-20-17(22)12-5-4-6-18-10-12/h4-8,10H,9H2,1-3H3,(H,19,21)(H,20,22). The van der Waals surface area contributed by atoms with Crippen LogP contribution in [0.1, 0.15) is 15.9 Å². The molecule has 0 aliphatic carbocycles. The zero-order valence-electron chi connectivity index (χ0n) is 14.2. The molecule has 0 atom stereocenters. The van der Waals surface area contributed by atoms with Gasteiger partial charge in [-0.2, -0.15) is 0 Å². The number of nitrogens with zero attached hydrogens (tertiary/aromatic N) is 1. The van der Waals surface area contributed by atoms with E-state index in [9.17, 15) is 9.59 Å². The summed E-state index contributed by atoms with van der Waals surface area (Å²) in [7, 11) is 4.49. The number of hydrazine groups is 1. The quantitative estimate of drug-likeness (QED) is 0.761. The highest BCUT2D eigenvalue weighted by Crippen LogP contribution is 2.38. The Labute approximate surface area is 145 Å². The lowest BCUT2D eigenvalue weighted by atomic mass is 10.1. The highest BCUT2D eigenvalue weighted by atomic mass is 16.5. The Balaban J connectivity index is 2.02. The van der Waals surface area contributed by atoms with Crippen molar-refractivity contribution < 1.29 is 23.8 Å². The molecule has 0 saturated carbocycles. The van der Waals surface area contributed by atoms with Crippen molar-refractivity contribution in [3.8, 4) is 17.2 Å². The smallest absolute Gasteiger partial charge is 0.271 e. The topological polar surface area (TPSA) is 98.8 Å². The van der Waals surface area contributed by atoms with Gasteiger partial charge in [-0.15, -0.1) is 0 Å². The third-order valence-electron chi connectivity index (χ3n) is 3.33. The largest absolute Gasteiger partial charge is 0.493 e. The molecule has 1 aromatic carbocycles. The number of aromatic nitrogens is 1. The van der Waals surface area contributed by atoms with Crippen LogP contribution in [-0.2, 0) is 11.2 Å². The van der Waals surface area contributed by atoms with Crippen molar-refractivity contribution in [2.75, 3.05) is 21.3 Å². The van der Waals surface area contributed by atoms with Gasteiger partial charge in [0.1, 0.15) is 0 Å². The molecule has 1 heterocycles. The number of carbonyl (C=O) groups excluding carboxylic acids is 2. The summed E-state index contributed by atoms with van der Waals surface area (Å²) in [6.07, 6.45) is 2.98. The highest BCUT2D eigenvalue weighted by Gasteiger charge is 2.15. The van der Waals surface area contributed by atoms with Crippen molar-refractivity contribution in [1.82, 2.24) is 15.8 Å². The van der Waals surface area contributed by atoms with Gasteiger partial charge in [0.05, 0.1) is 33.3 Å². The van der Waals surface area contributed by atoms with Gasteiger partial charge in [-0.05, 0) is 29.8 Å². The molecule has 0 bridgehead atoms. The van der Waals surface area contributed by atoms with Crippen LogP contribution in [0.4, 0.5) is 0 Å². The van der Waals surface area contributed by atoms with E-state index in [1.807, 2.05) is 0 Å². The first kappa shape index (κ1) is 18.1. The normalized spacial score (nSPS) is 9.88. The van der Waals surface area contributed by atoms with E-state index < -0.39 is 11.8 Å². The maximum Gasteiger partial charge on any atom is 0.271 e. The molecule has 25 heavy (non-hydrogen) atoms. The van der Waals surface area contributed by atoms with Crippen molar-refractivity contribution in [3.63, 3.8) is 0 Å². The van der Waals surface area contributed by atoms with Crippen molar-refractivity contribution in [1.29, 1.82) is 0 Å². The molecular formula is C17H19N3O5. The van der Waals surface area contributed by atoms with Gasteiger partial charge in [0.2, 0.25) is 11.7 Å². The fourth-order valence-corrected chi connectivity index (χ4v) is 2.16. The Kier molecular flexibility index (Phi) is 6.16. The van der Waals surface area contributed by atoms with Crippen LogP contribution in [0.5, 0.6) is 17.2 Å². The lowest BCUT2D eigenvalue weighted by molar-refractivity contribution is -0.121. The van der Waals surface area contributed by atoms with Gasteiger partial charge in [0.15, 0.2) is 11.5 Å². The molecule has 0 radical (unpaired) electrons. The summed E-state index contributed by atoms with van der Waals surface area (Å²) in [4.78, 5) is 27.8. The van der Waals surface area contributed by atoms with E-state index in [0.717, 1.165) is 0 Å². The zero-order chi connectivity index (χ0) is 18.2. The SMILES string of the molecule is COc1cc(CC(=O)NNC(=O)c2cccnc2)cc(OC)c1OC. The maximum absolute atomic E-state index is 12.0. The number of ether oxygens (including phenoxy) is 3. The summed E-state index contributed by atoms with van der Waals surface area (Å²) < 4.78 is 15.7. The highest BCUT2D eigenvalue weighted by molar-refractivity contribution is 5.95. The number of carbonyl (C=O) groups is 2. The van der Waals surface area contributed by atoms with Crippen molar-refractivity contribution in [2.45, 2.75) is 6.42 Å². The van der Waals surface area contributed by atoms with Gasteiger partial charge in [-0.25, -0.2) is 0 Å². The second-order valence-corrected chi connectivity index (χ2v) is 4.95.